The molecule has 0 bridgehead atoms. The van der Waals surface area contributed by atoms with Gasteiger partial charge in [-0.2, -0.15) is 9.68 Å². The van der Waals surface area contributed by atoms with Gasteiger partial charge in [0.25, 0.3) is 0 Å². The van der Waals surface area contributed by atoms with E-state index in [2.05, 4.69) is 0 Å². The Morgan fingerprint density at radius 3 is 1.50 bits per heavy atom. The van der Waals surface area contributed by atoms with Crippen LogP contribution in [0.2, 0.25) is 0 Å². The van der Waals surface area contributed by atoms with Crippen molar-refractivity contribution < 1.29 is 30.2 Å². The topological polar surface area (TPSA) is 88.9 Å². The number of hydrogen-bond acceptors (Lipinski definition) is 5. The lowest BCUT2D eigenvalue weighted by molar-refractivity contribution is -1.25. The Hall–Kier alpha value is -0.240. The van der Waals surface area contributed by atoms with Crippen LogP contribution in [0, 0.1) is 0 Å². The van der Waals surface area contributed by atoms with Gasteiger partial charge < -0.3 is 15.7 Å². The Kier molecular flexibility index (Phi) is 12.8. The first kappa shape index (κ1) is 18.1. The molecule has 0 aliphatic rings. The maximum atomic E-state index is 8.75. The highest BCUT2D eigenvalue weighted by Crippen LogP contribution is 2.12. The van der Waals surface area contributed by atoms with Gasteiger partial charge in [-0.05, 0) is 17.7 Å². The summed E-state index contributed by atoms with van der Waals surface area (Å²) < 4.78 is 0. The first-order valence-electron chi connectivity index (χ1n) is 5.62. The molecule has 0 aromatic carbocycles. The number of aliphatic hydroxyl groups is 2. The third-order valence-electron chi connectivity index (χ3n) is 1.96. The number of quaternary nitrogens is 1. The summed E-state index contributed by atoms with van der Waals surface area (Å²) in [5, 5.41) is 17.5. The van der Waals surface area contributed by atoms with Crippen molar-refractivity contribution in [2.45, 2.75) is 26.7 Å². The summed E-state index contributed by atoms with van der Waals surface area (Å²) in [7, 11) is 0. The van der Waals surface area contributed by atoms with E-state index in [4.69, 9.17) is 19.9 Å². The fourth-order valence-electron chi connectivity index (χ4n) is 1.50. The molecular formula is C10H25NO5. The summed E-state index contributed by atoms with van der Waals surface area (Å²) in [5.41, 5.74) is 0. The quantitative estimate of drug-likeness (QED) is 0.422. The van der Waals surface area contributed by atoms with Crippen molar-refractivity contribution in [3.05, 3.63) is 0 Å². The molecule has 0 aliphatic heterocycles. The van der Waals surface area contributed by atoms with Crippen molar-refractivity contribution in [3.8, 4) is 0 Å². The molecule has 0 spiro atoms. The van der Waals surface area contributed by atoms with E-state index in [0.29, 0.717) is 0 Å². The number of hydrogen-bond donors (Lipinski definition) is 2. The lowest BCUT2D eigenvalue weighted by Gasteiger charge is -2.31. The molecule has 0 rings (SSSR count). The van der Waals surface area contributed by atoms with Crippen LogP contribution in [0.15, 0.2) is 0 Å². The van der Waals surface area contributed by atoms with E-state index in [1.54, 1.807) is 0 Å². The molecule has 16 heavy (non-hydrogen) atoms. The van der Waals surface area contributed by atoms with Gasteiger partial charge in [0.2, 0.25) is 0 Å². The van der Waals surface area contributed by atoms with Gasteiger partial charge in [-0.15, -0.1) is 0 Å². The van der Waals surface area contributed by atoms with Gasteiger partial charge >= 0.3 is 0 Å². The fourth-order valence-corrected chi connectivity index (χ4v) is 1.50. The molecule has 6 heteroatoms. The molecule has 0 aromatic heterocycles. The highest BCUT2D eigenvalue weighted by atomic mass is 17.0. The summed E-state index contributed by atoms with van der Waals surface area (Å²) in [4.78, 5) is 11.1. The fraction of sp³-hybridized carbons (Fsp3) is 1.00. The zero-order chi connectivity index (χ0) is 11.6. The molecule has 0 unspecified atom stereocenters. The standard InChI is InChI=1S/C10H24NO4.H2O/c1-3-5-11(6-4-2,14-9-7-12)15-10-8-13;/h12-13H,3-10H2,1-2H3;1H2/q+1;/p-1. The van der Waals surface area contributed by atoms with Crippen LogP contribution in [-0.4, -0.2) is 60.0 Å². The van der Waals surface area contributed by atoms with Crippen molar-refractivity contribution in [3.63, 3.8) is 0 Å². The molecule has 0 saturated heterocycles. The lowest BCUT2D eigenvalue weighted by Crippen LogP contribution is -2.50. The van der Waals surface area contributed by atoms with E-state index in [0.717, 1.165) is 25.9 Å². The molecule has 0 fully saturated rings. The molecule has 0 aliphatic carbocycles. The first-order valence-corrected chi connectivity index (χ1v) is 5.62. The number of aliphatic hydroxyl groups excluding tert-OH is 2. The summed E-state index contributed by atoms with van der Waals surface area (Å²) in [6.07, 6.45) is 1.85. The minimum Gasteiger partial charge on any atom is -0.870 e. The maximum Gasteiger partial charge on any atom is 0.142 e. The number of nitrogens with zero attached hydrogens (tertiary/aromatic N) is 1. The van der Waals surface area contributed by atoms with Gasteiger partial charge in [-0.3, -0.25) is 0 Å². The average molecular weight is 239 g/mol. The van der Waals surface area contributed by atoms with Gasteiger partial charge in [0.1, 0.15) is 26.3 Å². The lowest BCUT2D eigenvalue weighted by atomic mass is 10.4. The van der Waals surface area contributed by atoms with Crippen LogP contribution in [0.25, 0.3) is 0 Å². The minimum absolute atomic E-state index is 0. The SMILES string of the molecule is CCC[N+](CCC)(OCCO)OCCO.[OH-]. The molecular weight excluding hydrogens is 214 g/mol. The van der Waals surface area contributed by atoms with Crippen molar-refractivity contribution in [2.24, 2.45) is 0 Å². The first-order chi connectivity index (χ1) is 7.24. The Morgan fingerprint density at radius 2 is 1.25 bits per heavy atom. The van der Waals surface area contributed by atoms with Crippen LogP contribution < -0.4 is 0 Å². The van der Waals surface area contributed by atoms with E-state index < -0.39 is 0 Å². The molecule has 0 heterocycles. The number of rotatable bonds is 10. The van der Waals surface area contributed by atoms with E-state index in [1.807, 2.05) is 13.8 Å². The predicted molar refractivity (Wildman–Crippen MR) is 58.6 cm³/mol. The monoisotopic (exact) mass is 239 g/mol. The Labute approximate surface area is 97.2 Å². The normalized spacial score (nSPS) is 11.2. The van der Waals surface area contributed by atoms with E-state index in [9.17, 15) is 0 Å². The maximum absolute atomic E-state index is 8.75. The molecule has 3 N–H and O–H groups in total. The van der Waals surface area contributed by atoms with Crippen LogP contribution >= 0.6 is 0 Å². The second-order valence-corrected chi connectivity index (χ2v) is 3.38. The van der Waals surface area contributed by atoms with Crippen LogP contribution in [0.3, 0.4) is 0 Å². The largest absolute Gasteiger partial charge is 0.870 e. The van der Waals surface area contributed by atoms with Gasteiger partial charge in [0.05, 0.1) is 13.2 Å². The second kappa shape index (κ2) is 11.3. The van der Waals surface area contributed by atoms with E-state index >= 15 is 0 Å². The van der Waals surface area contributed by atoms with Gasteiger partial charge in [0, 0.05) is 0 Å². The molecule has 0 aromatic rings. The van der Waals surface area contributed by atoms with Crippen LogP contribution in [0.5, 0.6) is 0 Å². The Bertz CT molecular complexity index is 129. The predicted octanol–water partition coefficient (Wildman–Crippen LogP) is 0.294. The molecule has 100 valence electrons. The van der Waals surface area contributed by atoms with Crippen molar-refractivity contribution in [1.29, 1.82) is 0 Å². The summed E-state index contributed by atoms with van der Waals surface area (Å²) >= 11 is 0. The molecule has 0 amide bonds. The summed E-state index contributed by atoms with van der Waals surface area (Å²) in [6, 6.07) is 0. The second-order valence-electron chi connectivity index (χ2n) is 3.38. The zero-order valence-electron chi connectivity index (χ0n) is 10.3. The van der Waals surface area contributed by atoms with Gasteiger partial charge in [-0.25, -0.2) is 0 Å². The molecule has 6 nitrogen and oxygen atoms in total. The van der Waals surface area contributed by atoms with Crippen LogP contribution in [-0.2, 0) is 9.68 Å². The summed E-state index contributed by atoms with van der Waals surface area (Å²) in [6.45, 7) is 6.03. The van der Waals surface area contributed by atoms with E-state index in [1.165, 1.54) is 0 Å². The Balaban J connectivity index is 0. The number of hydroxylamine groups is 4. The van der Waals surface area contributed by atoms with Crippen LogP contribution in [0.1, 0.15) is 26.7 Å². The average Bonchev–Trinajstić information content (AvgIpc) is 2.24. The third-order valence-corrected chi connectivity index (χ3v) is 1.96. The van der Waals surface area contributed by atoms with Crippen molar-refractivity contribution in [1.82, 2.24) is 0 Å². The van der Waals surface area contributed by atoms with Crippen molar-refractivity contribution >= 4 is 0 Å². The molecule has 0 saturated carbocycles. The van der Waals surface area contributed by atoms with Gasteiger partial charge in [0.15, 0.2) is 0 Å². The minimum atomic E-state index is -0.0179. The highest BCUT2D eigenvalue weighted by Gasteiger charge is 2.30. The molecule has 0 atom stereocenters. The summed E-state index contributed by atoms with van der Waals surface area (Å²) in [5.74, 6) is 0. The smallest absolute Gasteiger partial charge is 0.142 e. The van der Waals surface area contributed by atoms with Crippen LogP contribution in [0.4, 0.5) is 0 Å². The third kappa shape index (κ3) is 7.10. The molecule has 0 radical (unpaired) electrons. The Morgan fingerprint density at radius 1 is 0.875 bits per heavy atom. The zero-order valence-corrected chi connectivity index (χ0v) is 10.3. The van der Waals surface area contributed by atoms with Gasteiger partial charge in [-0.1, -0.05) is 13.8 Å². The van der Waals surface area contributed by atoms with Crippen molar-refractivity contribution in [2.75, 3.05) is 39.5 Å². The highest BCUT2D eigenvalue weighted by molar-refractivity contribution is 4.28. The van der Waals surface area contributed by atoms with E-state index in [-0.39, 0.29) is 36.7 Å².